The maximum Gasteiger partial charge on any atom is -0.0143 e. The lowest BCUT2D eigenvalue weighted by molar-refractivity contribution is 0.862. The highest BCUT2D eigenvalue weighted by atomic mass is 14.2. The van der Waals surface area contributed by atoms with Crippen molar-refractivity contribution in [2.75, 3.05) is 0 Å². The molecule has 0 bridgehead atoms. The van der Waals surface area contributed by atoms with Gasteiger partial charge < -0.3 is 0 Å². The number of rotatable bonds is 5. The Hall–Kier alpha value is -2.08. The minimum atomic E-state index is 0.578. The lowest BCUT2D eigenvalue weighted by Crippen LogP contribution is -1.97. The molecule has 0 aliphatic carbocycles. The lowest BCUT2D eigenvalue weighted by Gasteiger charge is -2.18. The van der Waals surface area contributed by atoms with E-state index in [1.54, 1.807) is 0 Å². The zero-order chi connectivity index (χ0) is 20.0. The molecule has 0 nitrogen and oxygen atoms in total. The summed E-state index contributed by atoms with van der Waals surface area (Å²) in [5.74, 6) is 0.578. The van der Waals surface area contributed by atoms with Gasteiger partial charge in [0.2, 0.25) is 0 Å². The number of benzene rings is 3. The number of aryl methyl sites for hydroxylation is 3. The fraction of sp³-hybridized carbons (Fsp3) is 0.407. The van der Waals surface area contributed by atoms with E-state index >= 15 is 0 Å². The van der Waals surface area contributed by atoms with Crippen LogP contribution in [0.25, 0.3) is 21.9 Å². The first-order valence-electron chi connectivity index (χ1n) is 10.7. The van der Waals surface area contributed by atoms with Crippen molar-refractivity contribution in [2.45, 2.75) is 73.6 Å². The normalized spacial score (nSPS) is 10.8. The molecule has 0 aliphatic heterocycles. The predicted molar refractivity (Wildman–Crippen MR) is 123 cm³/mol. The summed E-state index contributed by atoms with van der Waals surface area (Å²) < 4.78 is 0. The van der Waals surface area contributed by atoms with Crippen LogP contribution in [-0.2, 0) is 12.8 Å². The smallest absolute Gasteiger partial charge is 0.0143 e. The van der Waals surface area contributed by atoms with Crippen molar-refractivity contribution >= 4 is 10.8 Å². The van der Waals surface area contributed by atoms with Gasteiger partial charge in [0.1, 0.15) is 0 Å². The van der Waals surface area contributed by atoms with Crippen molar-refractivity contribution in [1.29, 1.82) is 0 Å². The second kappa shape index (κ2) is 9.74. The molecule has 0 heterocycles. The highest BCUT2D eigenvalue weighted by Crippen LogP contribution is 2.35. The molecule has 0 fully saturated rings. The Labute approximate surface area is 166 Å². The van der Waals surface area contributed by atoms with E-state index in [2.05, 4.69) is 83.1 Å². The van der Waals surface area contributed by atoms with Gasteiger partial charge in [-0.25, -0.2) is 0 Å². The molecule has 0 saturated heterocycles. The van der Waals surface area contributed by atoms with Gasteiger partial charge in [0.25, 0.3) is 0 Å². The van der Waals surface area contributed by atoms with Crippen LogP contribution in [0.1, 0.15) is 76.1 Å². The first-order chi connectivity index (χ1) is 13.0. The van der Waals surface area contributed by atoms with Gasteiger partial charge in [-0.05, 0) is 64.3 Å². The molecule has 0 radical (unpaired) electrons. The molecule has 3 rings (SSSR count). The van der Waals surface area contributed by atoms with Crippen LogP contribution in [0.5, 0.6) is 0 Å². The fourth-order valence-corrected chi connectivity index (χ4v) is 3.81. The molecule has 27 heavy (non-hydrogen) atoms. The zero-order valence-corrected chi connectivity index (χ0v) is 18.3. The molecule has 144 valence electrons. The largest absolute Gasteiger partial charge is 0.0683 e. The van der Waals surface area contributed by atoms with Gasteiger partial charge in [0.05, 0.1) is 0 Å². The Morgan fingerprint density at radius 3 is 2.15 bits per heavy atom. The fourth-order valence-electron chi connectivity index (χ4n) is 3.81. The first kappa shape index (κ1) is 21.2. The second-order valence-corrected chi connectivity index (χ2v) is 7.49. The summed E-state index contributed by atoms with van der Waals surface area (Å²) in [6, 6.07) is 18.6. The molecule has 0 aliphatic rings. The molecule has 0 spiro atoms. The average Bonchev–Trinajstić information content (AvgIpc) is 2.69. The van der Waals surface area contributed by atoms with Gasteiger partial charge >= 0.3 is 0 Å². The zero-order valence-electron chi connectivity index (χ0n) is 18.3. The maximum absolute atomic E-state index is 2.41. The summed E-state index contributed by atoms with van der Waals surface area (Å²) in [5, 5.41) is 2.78. The van der Waals surface area contributed by atoms with E-state index in [0.717, 1.165) is 12.8 Å². The third kappa shape index (κ3) is 4.61. The van der Waals surface area contributed by atoms with Crippen LogP contribution in [0.15, 0.2) is 48.5 Å². The third-order valence-corrected chi connectivity index (χ3v) is 5.25. The van der Waals surface area contributed by atoms with Crippen LogP contribution in [0, 0.1) is 6.92 Å². The molecule has 3 aromatic rings. The molecule has 0 heteroatoms. The third-order valence-electron chi connectivity index (χ3n) is 5.25. The summed E-state index contributed by atoms with van der Waals surface area (Å²) in [6.07, 6.45) is 3.38. The minimum absolute atomic E-state index is 0.578. The van der Waals surface area contributed by atoms with E-state index < -0.39 is 0 Å². The van der Waals surface area contributed by atoms with Crippen molar-refractivity contribution in [3.63, 3.8) is 0 Å². The summed E-state index contributed by atoms with van der Waals surface area (Å²) in [6.45, 7) is 15.3. The van der Waals surface area contributed by atoms with Crippen LogP contribution in [0.3, 0.4) is 0 Å². The second-order valence-electron chi connectivity index (χ2n) is 7.49. The van der Waals surface area contributed by atoms with Crippen molar-refractivity contribution in [3.05, 3.63) is 70.8 Å². The summed E-state index contributed by atoms with van der Waals surface area (Å²) in [7, 11) is 0. The molecular weight excluding hydrogens is 324 g/mol. The average molecular weight is 361 g/mol. The monoisotopic (exact) mass is 360 g/mol. The summed E-state index contributed by atoms with van der Waals surface area (Å²) in [5.41, 5.74) is 8.58. The van der Waals surface area contributed by atoms with Gasteiger partial charge in [0.15, 0.2) is 0 Å². The summed E-state index contributed by atoms with van der Waals surface area (Å²) in [4.78, 5) is 0. The minimum Gasteiger partial charge on any atom is -0.0683 e. The van der Waals surface area contributed by atoms with E-state index in [1.165, 1.54) is 50.6 Å². The molecule has 0 amide bonds. The van der Waals surface area contributed by atoms with Crippen LogP contribution in [0.2, 0.25) is 0 Å². The number of hydrogen-bond donors (Lipinski definition) is 0. The van der Waals surface area contributed by atoms with Gasteiger partial charge in [0, 0.05) is 0 Å². The van der Waals surface area contributed by atoms with Crippen molar-refractivity contribution < 1.29 is 0 Å². The predicted octanol–water partition coefficient (Wildman–Crippen LogP) is 8.48. The van der Waals surface area contributed by atoms with Gasteiger partial charge in [-0.3, -0.25) is 0 Å². The highest BCUT2D eigenvalue weighted by molar-refractivity contribution is 5.92. The first-order valence-corrected chi connectivity index (χ1v) is 10.7. The molecule has 0 saturated carbocycles. The molecule has 3 aromatic carbocycles. The highest BCUT2D eigenvalue weighted by Gasteiger charge is 2.13. The van der Waals surface area contributed by atoms with E-state index in [0.29, 0.717) is 5.92 Å². The van der Waals surface area contributed by atoms with E-state index in [9.17, 15) is 0 Å². The Balaban J connectivity index is 0.00000126. The summed E-state index contributed by atoms with van der Waals surface area (Å²) >= 11 is 0. The molecule has 0 unspecified atom stereocenters. The van der Waals surface area contributed by atoms with E-state index in [4.69, 9.17) is 0 Å². The Morgan fingerprint density at radius 2 is 1.52 bits per heavy atom. The Bertz CT molecular complexity index is 884. The van der Waals surface area contributed by atoms with Crippen LogP contribution in [0.4, 0.5) is 0 Å². The van der Waals surface area contributed by atoms with Crippen LogP contribution < -0.4 is 0 Å². The standard InChI is InChI=1S/C25H30.C2H6/c1-6-8-24-23-12-9-18(5)15-21(23)11-14-25(24)22-13-10-20(17(3)4)16-19(22)7-2;1-2/h9-17H,6-8H2,1-5H3;1-2H3. The number of fused-ring (bicyclic) bond motifs is 1. The van der Waals surface area contributed by atoms with Gasteiger partial charge in [-0.1, -0.05) is 102 Å². The topological polar surface area (TPSA) is 0 Å². The molecule has 0 aromatic heterocycles. The number of hydrogen-bond acceptors (Lipinski definition) is 0. The lowest BCUT2D eigenvalue weighted by atomic mass is 9.87. The van der Waals surface area contributed by atoms with E-state index in [1.807, 2.05) is 13.8 Å². The van der Waals surface area contributed by atoms with Crippen LogP contribution in [-0.4, -0.2) is 0 Å². The van der Waals surface area contributed by atoms with Crippen molar-refractivity contribution in [2.24, 2.45) is 0 Å². The van der Waals surface area contributed by atoms with Gasteiger partial charge in [-0.2, -0.15) is 0 Å². The molecule has 0 atom stereocenters. The van der Waals surface area contributed by atoms with Gasteiger partial charge in [-0.15, -0.1) is 0 Å². The van der Waals surface area contributed by atoms with Crippen molar-refractivity contribution in [1.82, 2.24) is 0 Å². The quantitative estimate of drug-likeness (QED) is 0.428. The van der Waals surface area contributed by atoms with E-state index in [-0.39, 0.29) is 0 Å². The Kier molecular flexibility index (Phi) is 7.66. The molecule has 0 N–H and O–H groups in total. The SMILES string of the molecule is CC.CCCc1c(-c2ccc(C(C)C)cc2CC)ccc2cc(C)ccc12. The molecular formula is C27H36. The maximum atomic E-state index is 2.41. The van der Waals surface area contributed by atoms with Crippen molar-refractivity contribution in [3.8, 4) is 11.1 Å². The van der Waals surface area contributed by atoms with Crippen LogP contribution >= 0.6 is 0 Å². The Morgan fingerprint density at radius 1 is 0.815 bits per heavy atom.